The van der Waals surface area contributed by atoms with Crippen LogP contribution < -0.4 is 0 Å². The number of hydrogen-bond donors (Lipinski definition) is 1. The number of aliphatic hydroxyl groups is 1. The number of carbonyl (C=O) groups excluding carboxylic acids is 1. The molecule has 3 rings (SSSR count). The summed E-state index contributed by atoms with van der Waals surface area (Å²) < 4.78 is 0. The minimum atomic E-state index is -1.28. The topological polar surface area (TPSA) is 37.3 Å². The van der Waals surface area contributed by atoms with Crippen LogP contribution in [-0.2, 0) is 10.2 Å². The van der Waals surface area contributed by atoms with Gasteiger partial charge in [-0.3, -0.25) is 4.79 Å². The average Bonchev–Trinajstić information content (AvgIpc) is 2.79. The first-order valence-corrected chi connectivity index (χ1v) is 12.0. The molecule has 1 N–H and O–H groups in total. The van der Waals surface area contributed by atoms with Gasteiger partial charge in [0.2, 0.25) is 0 Å². The lowest BCUT2D eigenvalue weighted by Crippen LogP contribution is -2.62. The maximum absolute atomic E-state index is 14.3. The standard InChI is InChI=1S/C30H40O2/c1-8-27(3,4)26(31)25-29(7,24-18-14-11-15-19-24)20-23(22-16-12-10-13-17-22)21-30(25,32)28(5,6)9-2/h10-19,21,25,32H,8-9,20H2,1-7H3/t25-,29-,30-/m0/s1. The number of rotatable bonds is 7. The zero-order valence-electron chi connectivity index (χ0n) is 20.9. The molecule has 1 aliphatic carbocycles. The third-order valence-corrected chi connectivity index (χ3v) is 8.39. The monoisotopic (exact) mass is 432 g/mol. The maximum atomic E-state index is 14.3. The summed E-state index contributed by atoms with van der Waals surface area (Å²) in [6.45, 7) is 14.6. The Morgan fingerprint density at radius 3 is 1.97 bits per heavy atom. The molecule has 0 heterocycles. The first-order chi connectivity index (χ1) is 14.9. The number of hydrogen-bond acceptors (Lipinski definition) is 2. The second-order valence-electron chi connectivity index (χ2n) is 11.1. The van der Waals surface area contributed by atoms with Crippen LogP contribution >= 0.6 is 0 Å². The summed E-state index contributed by atoms with van der Waals surface area (Å²) in [7, 11) is 0. The molecule has 32 heavy (non-hydrogen) atoms. The molecule has 2 aromatic carbocycles. The van der Waals surface area contributed by atoms with E-state index in [9.17, 15) is 9.90 Å². The molecule has 0 spiro atoms. The highest BCUT2D eigenvalue weighted by molar-refractivity contribution is 5.91. The van der Waals surface area contributed by atoms with Gasteiger partial charge in [-0.15, -0.1) is 0 Å². The summed E-state index contributed by atoms with van der Waals surface area (Å²) in [6, 6.07) is 20.6. The number of Topliss-reactive ketones (excluding diaryl/α,β-unsaturated/α-hetero) is 1. The van der Waals surface area contributed by atoms with Crippen LogP contribution in [0.1, 0.15) is 78.9 Å². The van der Waals surface area contributed by atoms with Crippen molar-refractivity contribution in [1.29, 1.82) is 0 Å². The largest absolute Gasteiger partial charge is 0.384 e. The van der Waals surface area contributed by atoms with Crippen LogP contribution in [-0.4, -0.2) is 16.5 Å². The molecule has 0 fully saturated rings. The van der Waals surface area contributed by atoms with Gasteiger partial charge in [-0.1, -0.05) is 109 Å². The fourth-order valence-corrected chi connectivity index (χ4v) is 5.23. The van der Waals surface area contributed by atoms with Gasteiger partial charge in [0, 0.05) is 10.8 Å². The highest BCUT2D eigenvalue weighted by Gasteiger charge is 2.61. The van der Waals surface area contributed by atoms with Gasteiger partial charge in [0.15, 0.2) is 0 Å². The molecule has 0 saturated carbocycles. The van der Waals surface area contributed by atoms with Crippen molar-refractivity contribution in [3.05, 3.63) is 77.9 Å². The predicted octanol–water partition coefficient (Wildman–Crippen LogP) is 7.22. The Morgan fingerprint density at radius 2 is 1.47 bits per heavy atom. The van der Waals surface area contributed by atoms with Gasteiger partial charge in [-0.05, 0) is 47.5 Å². The molecule has 2 aromatic rings. The van der Waals surface area contributed by atoms with Gasteiger partial charge in [-0.25, -0.2) is 0 Å². The molecule has 2 heteroatoms. The normalized spacial score (nSPS) is 26.5. The lowest BCUT2D eigenvalue weighted by molar-refractivity contribution is -0.155. The van der Waals surface area contributed by atoms with Crippen molar-refractivity contribution in [2.45, 2.75) is 78.7 Å². The van der Waals surface area contributed by atoms with Crippen LogP contribution in [0.4, 0.5) is 0 Å². The number of carbonyl (C=O) groups is 1. The molecular formula is C30H40O2. The zero-order chi connectivity index (χ0) is 23.8. The van der Waals surface area contributed by atoms with E-state index in [0.717, 1.165) is 29.5 Å². The molecule has 1 aliphatic rings. The van der Waals surface area contributed by atoms with Crippen molar-refractivity contribution >= 4 is 11.4 Å². The molecule has 0 radical (unpaired) electrons. The van der Waals surface area contributed by atoms with E-state index in [1.807, 2.05) is 56.3 Å². The molecule has 172 valence electrons. The third-order valence-electron chi connectivity index (χ3n) is 8.39. The van der Waals surface area contributed by atoms with Crippen LogP contribution in [0, 0.1) is 16.7 Å². The molecule has 0 unspecified atom stereocenters. The van der Waals surface area contributed by atoms with Gasteiger partial charge in [0.1, 0.15) is 5.78 Å². The van der Waals surface area contributed by atoms with E-state index >= 15 is 0 Å². The molecule has 0 bridgehead atoms. The predicted molar refractivity (Wildman–Crippen MR) is 134 cm³/mol. The summed E-state index contributed by atoms with van der Waals surface area (Å²) in [5.41, 5.74) is 0.521. The molecule has 0 amide bonds. The highest BCUT2D eigenvalue weighted by Crippen LogP contribution is 2.57. The van der Waals surface area contributed by atoms with Gasteiger partial charge >= 0.3 is 0 Å². The van der Waals surface area contributed by atoms with E-state index in [4.69, 9.17) is 0 Å². The average molecular weight is 433 g/mol. The number of ketones is 1. The summed E-state index contributed by atoms with van der Waals surface area (Å²) in [5.74, 6) is -0.395. The smallest absolute Gasteiger partial charge is 0.145 e. The van der Waals surface area contributed by atoms with Crippen molar-refractivity contribution < 1.29 is 9.90 Å². The lowest BCUT2D eigenvalue weighted by atomic mass is 9.49. The van der Waals surface area contributed by atoms with Crippen molar-refractivity contribution in [1.82, 2.24) is 0 Å². The quantitative estimate of drug-likeness (QED) is 0.501. The minimum Gasteiger partial charge on any atom is -0.384 e. The van der Waals surface area contributed by atoms with Crippen LogP contribution in [0.5, 0.6) is 0 Å². The first-order valence-electron chi connectivity index (χ1n) is 12.0. The van der Waals surface area contributed by atoms with E-state index in [1.54, 1.807) is 0 Å². The van der Waals surface area contributed by atoms with Crippen molar-refractivity contribution in [3.8, 4) is 0 Å². The van der Waals surface area contributed by atoms with Crippen LogP contribution in [0.3, 0.4) is 0 Å². The third kappa shape index (κ3) is 3.99. The van der Waals surface area contributed by atoms with Gasteiger partial charge < -0.3 is 5.11 Å². The van der Waals surface area contributed by atoms with E-state index in [1.165, 1.54) is 0 Å². The Balaban J connectivity index is 2.37. The fourth-order valence-electron chi connectivity index (χ4n) is 5.23. The van der Waals surface area contributed by atoms with Crippen molar-refractivity contribution in [3.63, 3.8) is 0 Å². The number of benzene rings is 2. The first kappa shape index (κ1) is 24.5. The Morgan fingerprint density at radius 1 is 0.938 bits per heavy atom. The summed E-state index contributed by atoms with van der Waals surface area (Å²) in [5, 5.41) is 12.6. The highest BCUT2D eigenvalue weighted by atomic mass is 16.3. The van der Waals surface area contributed by atoms with E-state index in [-0.39, 0.29) is 5.78 Å². The van der Waals surface area contributed by atoms with Gasteiger partial charge in [0.05, 0.1) is 11.5 Å². The Kier molecular flexibility index (Phi) is 6.60. The zero-order valence-corrected chi connectivity index (χ0v) is 20.9. The molecule has 0 aromatic heterocycles. The van der Waals surface area contributed by atoms with Crippen LogP contribution in [0.15, 0.2) is 66.7 Å². The second-order valence-corrected chi connectivity index (χ2v) is 11.1. The Hall–Kier alpha value is -2.19. The minimum absolute atomic E-state index is 0.152. The van der Waals surface area contributed by atoms with Crippen LogP contribution in [0.2, 0.25) is 0 Å². The SMILES string of the molecule is CCC(C)(C)C(=O)[C@H]1[C@](C)(c2ccccc2)CC(c2ccccc2)=C[C@@]1(O)C(C)(C)CC. The summed E-state index contributed by atoms with van der Waals surface area (Å²) in [4.78, 5) is 14.3. The van der Waals surface area contributed by atoms with E-state index in [0.29, 0.717) is 6.42 Å². The van der Waals surface area contributed by atoms with Crippen LogP contribution in [0.25, 0.3) is 5.57 Å². The van der Waals surface area contributed by atoms with Crippen molar-refractivity contribution in [2.75, 3.05) is 0 Å². The van der Waals surface area contributed by atoms with E-state index in [2.05, 4.69) is 58.9 Å². The van der Waals surface area contributed by atoms with Gasteiger partial charge in [0.25, 0.3) is 0 Å². The molecule has 3 atom stereocenters. The Labute approximate surface area is 194 Å². The van der Waals surface area contributed by atoms with E-state index < -0.39 is 27.8 Å². The van der Waals surface area contributed by atoms with Crippen molar-refractivity contribution in [2.24, 2.45) is 16.7 Å². The van der Waals surface area contributed by atoms with Gasteiger partial charge in [-0.2, -0.15) is 0 Å². The Bertz CT molecular complexity index is 970. The molecule has 0 aliphatic heterocycles. The summed E-state index contributed by atoms with van der Waals surface area (Å²) in [6.07, 6.45) is 4.25. The lowest BCUT2D eigenvalue weighted by Gasteiger charge is -2.56. The molecular weight excluding hydrogens is 392 g/mol. The second kappa shape index (κ2) is 8.63. The molecule has 2 nitrogen and oxygen atoms in total. The molecule has 0 saturated heterocycles. The fraction of sp³-hybridized carbons (Fsp3) is 0.500. The summed E-state index contributed by atoms with van der Waals surface area (Å²) >= 11 is 0. The maximum Gasteiger partial charge on any atom is 0.145 e. The number of allylic oxidation sites excluding steroid dienone is 1.